The van der Waals surface area contributed by atoms with E-state index in [2.05, 4.69) is 17.2 Å². The molecular weight excluding hydrogens is 227 g/mol. The molecule has 4 heteroatoms. The maximum atomic E-state index is 13.2. The summed E-state index contributed by atoms with van der Waals surface area (Å²) in [5.74, 6) is -0.380. The highest BCUT2D eigenvalue weighted by molar-refractivity contribution is 6.35. The van der Waals surface area contributed by atoms with Gasteiger partial charge in [0.1, 0.15) is 10.8 Å². The van der Waals surface area contributed by atoms with Gasteiger partial charge in [-0.15, -0.1) is 0 Å². The van der Waals surface area contributed by atoms with Crippen molar-refractivity contribution in [1.82, 2.24) is 10.3 Å². The molecule has 0 aliphatic rings. The Morgan fingerprint density at radius 2 is 2.25 bits per heavy atom. The summed E-state index contributed by atoms with van der Waals surface area (Å²) in [6.45, 7) is 3.93. The van der Waals surface area contributed by atoms with E-state index >= 15 is 0 Å². The predicted molar refractivity (Wildman–Crippen MR) is 65.5 cm³/mol. The Morgan fingerprint density at radius 3 is 3.00 bits per heavy atom. The lowest BCUT2D eigenvalue weighted by Gasteiger charge is -1.98. The summed E-state index contributed by atoms with van der Waals surface area (Å²) in [6.07, 6.45) is 0.889. The highest BCUT2D eigenvalue weighted by atomic mass is 35.5. The van der Waals surface area contributed by atoms with Crippen LogP contribution in [0, 0.1) is 5.82 Å². The molecular formula is C12H14ClFN2. The molecule has 0 fully saturated rings. The van der Waals surface area contributed by atoms with Crippen LogP contribution in [0.1, 0.15) is 12.6 Å². The number of nitrogens with one attached hydrogen (secondary N) is 2. The van der Waals surface area contributed by atoms with Gasteiger partial charge in [-0.3, -0.25) is 0 Å². The van der Waals surface area contributed by atoms with Crippen LogP contribution in [0.15, 0.2) is 18.2 Å². The standard InChI is InChI=1S/C12H14ClFN2/c1-2-15-6-5-9-7-8-3-4-10(14)11(13)12(8)16-9/h3-4,7,15-16H,2,5-6H2,1H3. The number of H-pyrrole nitrogens is 1. The number of hydrogen-bond acceptors (Lipinski definition) is 1. The molecule has 0 spiro atoms. The molecule has 2 nitrogen and oxygen atoms in total. The molecule has 0 unspecified atom stereocenters. The molecule has 0 aliphatic carbocycles. The average Bonchev–Trinajstić information content (AvgIpc) is 2.68. The van der Waals surface area contributed by atoms with E-state index in [1.54, 1.807) is 6.07 Å². The fourth-order valence-electron chi connectivity index (χ4n) is 1.73. The van der Waals surface area contributed by atoms with Crippen molar-refractivity contribution in [1.29, 1.82) is 0 Å². The van der Waals surface area contributed by atoms with Crippen LogP contribution in [-0.2, 0) is 6.42 Å². The molecule has 2 N–H and O–H groups in total. The molecule has 0 atom stereocenters. The summed E-state index contributed by atoms with van der Waals surface area (Å²) in [4.78, 5) is 3.15. The molecule has 0 aliphatic heterocycles. The maximum Gasteiger partial charge on any atom is 0.143 e. The Kier molecular flexibility index (Phi) is 3.46. The van der Waals surface area contributed by atoms with Crippen molar-refractivity contribution in [2.75, 3.05) is 13.1 Å². The second kappa shape index (κ2) is 4.85. The Hall–Kier alpha value is -1.06. The Labute approximate surface area is 98.8 Å². The van der Waals surface area contributed by atoms with Gasteiger partial charge in [-0.25, -0.2) is 4.39 Å². The van der Waals surface area contributed by atoms with Gasteiger partial charge in [0.2, 0.25) is 0 Å². The zero-order valence-corrected chi connectivity index (χ0v) is 9.87. The van der Waals surface area contributed by atoms with Crippen molar-refractivity contribution in [3.8, 4) is 0 Å². The SMILES string of the molecule is CCNCCc1cc2ccc(F)c(Cl)c2[nH]1. The third-order valence-electron chi connectivity index (χ3n) is 2.56. The van der Waals surface area contributed by atoms with E-state index in [1.807, 2.05) is 6.07 Å². The maximum absolute atomic E-state index is 13.2. The zero-order valence-electron chi connectivity index (χ0n) is 9.11. The number of fused-ring (bicyclic) bond motifs is 1. The summed E-state index contributed by atoms with van der Waals surface area (Å²) < 4.78 is 13.2. The van der Waals surface area contributed by atoms with Gasteiger partial charge in [-0.05, 0) is 31.2 Å². The summed E-state index contributed by atoms with van der Waals surface area (Å²) in [6, 6.07) is 5.15. The van der Waals surface area contributed by atoms with Gasteiger partial charge in [0, 0.05) is 17.6 Å². The quantitative estimate of drug-likeness (QED) is 0.790. The Bertz CT molecular complexity index is 493. The molecule has 0 radical (unpaired) electrons. The summed E-state index contributed by atoms with van der Waals surface area (Å²) in [5.41, 5.74) is 1.76. The number of halogens is 2. The molecule has 86 valence electrons. The summed E-state index contributed by atoms with van der Waals surface area (Å²) >= 11 is 5.88. The van der Waals surface area contributed by atoms with Crippen LogP contribution in [0.5, 0.6) is 0 Å². The highest BCUT2D eigenvalue weighted by Gasteiger charge is 2.08. The predicted octanol–water partition coefficient (Wildman–Crippen LogP) is 3.11. The molecule has 0 saturated carbocycles. The minimum absolute atomic E-state index is 0.173. The van der Waals surface area contributed by atoms with Gasteiger partial charge in [0.25, 0.3) is 0 Å². The Balaban J connectivity index is 2.26. The van der Waals surface area contributed by atoms with Gasteiger partial charge >= 0.3 is 0 Å². The first-order chi connectivity index (χ1) is 7.72. The van der Waals surface area contributed by atoms with Crippen LogP contribution in [0.25, 0.3) is 10.9 Å². The van der Waals surface area contributed by atoms with E-state index < -0.39 is 0 Å². The van der Waals surface area contributed by atoms with E-state index in [-0.39, 0.29) is 10.8 Å². The van der Waals surface area contributed by atoms with Gasteiger partial charge in [-0.1, -0.05) is 18.5 Å². The molecule has 2 rings (SSSR count). The molecule has 1 aromatic carbocycles. The minimum atomic E-state index is -0.380. The average molecular weight is 241 g/mol. The number of benzene rings is 1. The van der Waals surface area contributed by atoms with E-state index in [0.29, 0.717) is 5.52 Å². The van der Waals surface area contributed by atoms with Gasteiger partial charge in [0.15, 0.2) is 0 Å². The van der Waals surface area contributed by atoms with Gasteiger partial charge in [-0.2, -0.15) is 0 Å². The van der Waals surface area contributed by atoms with E-state index in [1.165, 1.54) is 6.07 Å². The molecule has 1 heterocycles. The van der Waals surface area contributed by atoms with Crippen LogP contribution in [0.3, 0.4) is 0 Å². The monoisotopic (exact) mass is 240 g/mol. The molecule has 1 aromatic heterocycles. The zero-order chi connectivity index (χ0) is 11.5. The number of aromatic nitrogens is 1. The fourth-order valence-corrected chi connectivity index (χ4v) is 1.95. The summed E-state index contributed by atoms with van der Waals surface area (Å²) in [7, 11) is 0. The van der Waals surface area contributed by atoms with Crippen LogP contribution in [-0.4, -0.2) is 18.1 Å². The lowest BCUT2D eigenvalue weighted by molar-refractivity contribution is 0.630. The van der Waals surface area contributed by atoms with Crippen molar-refractivity contribution in [3.63, 3.8) is 0 Å². The van der Waals surface area contributed by atoms with Crippen LogP contribution in [0.2, 0.25) is 5.02 Å². The number of hydrogen-bond donors (Lipinski definition) is 2. The smallest absolute Gasteiger partial charge is 0.143 e. The molecule has 0 amide bonds. The van der Waals surface area contributed by atoms with Crippen molar-refractivity contribution in [2.45, 2.75) is 13.3 Å². The lowest BCUT2D eigenvalue weighted by Crippen LogP contribution is -2.16. The third-order valence-corrected chi connectivity index (χ3v) is 2.93. The minimum Gasteiger partial charge on any atom is -0.357 e. The lowest BCUT2D eigenvalue weighted by atomic mass is 10.2. The second-order valence-corrected chi connectivity index (χ2v) is 4.10. The van der Waals surface area contributed by atoms with E-state index in [0.717, 1.165) is 30.6 Å². The number of rotatable bonds is 4. The van der Waals surface area contributed by atoms with Crippen LogP contribution in [0.4, 0.5) is 4.39 Å². The van der Waals surface area contributed by atoms with Gasteiger partial charge in [0.05, 0.1) is 5.52 Å². The number of likely N-dealkylation sites (N-methyl/N-ethyl adjacent to an activating group) is 1. The molecule has 16 heavy (non-hydrogen) atoms. The first-order valence-electron chi connectivity index (χ1n) is 5.38. The topological polar surface area (TPSA) is 27.8 Å². The van der Waals surface area contributed by atoms with Crippen molar-refractivity contribution in [2.24, 2.45) is 0 Å². The van der Waals surface area contributed by atoms with Gasteiger partial charge < -0.3 is 10.3 Å². The Morgan fingerprint density at radius 1 is 1.44 bits per heavy atom. The second-order valence-electron chi connectivity index (χ2n) is 3.72. The third kappa shape index (κ3) is 2.20. The molecule has 0 bridgehead atoms. The summed E-state index contributed by atoms with van der Waals surface area (Å²) in [5, 5.41) is 4.37. The molecule has 0 saturated heterocycles. The molecule has 2 aromatic rings. The number of aromatic amines is 1. The fraction of sp³-hybridized carbons (Fsp3) is 0.333. The van der Waals surface area contributed by atoms with Crippen LogP contribution >= 0.6 is 11.6 Å². The van der Waals surface area contributed by atoms with Crippen molar-refractivity contribution < 1.29 is 4.39 Å². The normalized spacial score (nSPS) is 11.2. The van der Waals surface area contributed by atoms with E-state index in [9.17, 15) is 4.39 Å². The van der Waals surface area contributed by atoms with E-state index in [4.69, 9.17) is 11.6 Å². The van der Waals surface area contributed by atoms with Crippen molar-refractivity contribution >= 4 is 22.5 Å². The van der Waals surface area contributed by atoms with Crippen LogP contribution < -0.4 is 5.32 Å². The van der Waals surface area contributed by atoms with Crippen molar-refractivity contribution in [3.05, 3.63) is 34.7 Å². The first kappa shape index (κ1) is 11.4. The highest BCUT2D eigenvalue weighted by Crippen LogP contribution is 2.26. The largest absolute Gasteiger partial charge is 0.357 e. The first-order valence-corrected chi connectivity index (χ1v) is 5.76.